The van der Waals surface area contributed by atoms with Crippen LogP contribution in [0.1, 0.15) is 17.5 Å². The lowest BCUT2D eigenvalue weighted by Crippen LogP contribution is -2.15. The van der Waals surface area contributed by atoms with Crippen LogP contribution in [0, 0.1) is 18.6 Å². The number of nitrogens with one attached hydrogen (secondary N) is 1. The van der Waals surface area contributed by atoms with E-state index in [9.17, 15) is 13.9 Å². The van der Waals surface area contributed by atoms with Crippen molar-refractivity contribution in [1.29, 1.82) is 0 Å². The van der Waals surface area contributed by atoms with Crippen molar-refractivity contribution in [2.45, 2.75) is 13.0 Å². The van der Waals surface area contributed by atoms with Gasteiger partial charge in [0.05, 0.1) is 5.56 Å². The minimum atomic E-state index is -1.36. The van der Waals surface area contributed by atoms with Crippen molar-refractivity contribution in [1.82, 2.24) is 15.1 Å². The first-order valence-electron chi connectivity index (χ1n) is 7.17. The summed E-state index contributed by atoms with van der Waals surface area (Å²) in [7, 11) is 0. The summed E-state index contributed by atoms with van der Waals surface area (Å²) in [6.45, 7) is 1.59. The highest BCUT2D eigenvalue weighted by Crippen LogP contribution is 2.22. The van der Waals surface area contributed by atoms with Crippen LogP contribution in [0.25, 0.3) is 11.5 Å². The summed E-state index contributed by atoms with van der Waals surface area (Å²) in [5, 5.41) is 16.6. The van der Waals surface area contributed by atoms with Crippen LogP contribution in [0.4, 0.5) is 14.6 Å². The smallest absolute Gasteiger partial charge is 0.258 e. The van der Waals surface area contributed by atoms with Gasteiger partial charge in [0.2, 0.25) is 0 Å². The van der Waals surface area contributed by atoms with Crippen molar-refractivity contribution >= 4 is 5.82 Å². The molecular formula is C16H14F2N4O2. The zero-order valence-corrected chi connectivity index (χ0v) is 12.7. The molecule has 0 aliphatic rings. The first-order valence-corrected chi connectivity index (χ1v) is 7.17. The second kappa shape index (κ2) is 6.71. The summed E-state index contributed by atoms with van der Waals surface area (Å²) in [4.78, 5) is 8.19. The molecule has 0 spiro atoms. The number of rotatable bonds is 5. The number of aliphatic hydroxyl groups is 1. The molecule has 1 aromatic carbocycles. The molecule has 124 valence electrons. The molecule has 1 unspecified atom stereocenters. The van der Waals surface area contributed by atoms with E-state index in [2.05, 4.69) is 20.4 Å². The molecule has 1 atom stereocenters. The third-order valence-electron chi connectivity index (χ3n) is 3.34. The Hall–Kier alpha value is -2.87. The third-order valence-corrected chi connectivity index (χ3v) is 3.34. The van der Waals surface area contributed by atoms with E-state index >= 15 is 0 Å². The summed E-state index contributed by atoms with van der Waals surface area (Å²) in [6.07, 6.45) is 0.162. The molecule has 2 heterocycles. The quantitative estimate of drug-likeness (QED) is 0.747. The van der Waals surface area contributed by atoms with Gasteiger partial charge < -0.3 is 14.9 Å². The number of pyridine rings is 1. The first kappa shape index (κ1) is 16.0. The van der Waals surface area contributed by atoms with Gasteiger partial charge in [-0.2, -0.15) is 4.98 Å². The highest BCUT2D eigenvalue weighted by molar-refractivity contribution is 5.57. The van der Waals surface area contributed by atoms with Crippen LogP contribution >= 0.6 is 0 Å². The maximum Gasteiger partial charge on any atom is 0.258 e. The summed E-state index contributed by atoms with van der Waals surface area (Å²) < 4.78 is 32.4. The van der Waals surface area contributed by atoms with Crippen LogP contribution in [-0.2, 0) is 0 Å². The lowest BCUT2D eigenvalue weighted by atomic mass is 10.1. The number of anilines is 1. The molecule has 0 saturated carbocycles. The van der Waals surface area contributed by atoms with E-state index in [-0.39, 0.29) is 12.1 Å². The standard InChI is InChI=1S/C16H14F2N4O2/c1-9-21-16(24-22-9)10-5-6-19-14(7-10)20-8-13(23)15-11(17)3-2-4-12(15)18/h2-7,13,23H,8H2,1H3,(H,19,20). The number of aliphatic hydroxyl groups excluding tert-OH is 1. The molecule has 24 heavy (non-hydrogen) atoms. The van der Waals surface area contributed by atoms with Crippen molar-refractivity contribution < 1.29 is 18.4 Å². The largest absolute Gasteiger partial charge is 0.386 e. The van der Waals surface area contributed by atoms with Crippen molar-refractivity contribution in [3.63, 3.8) is 0 Å². The minimum absolute atomic E-state index is 0.114. The number of halogens is 2. The molecule has 6 nitrogen and oxygen atoms in total. The molecule has 3 rings (SSSR count). The molecule has 0 aliphatic heterocycles. The van der Waals surface area contributed by atoms with Gasteiger partial charge in [-0.25, -0.2) is 13.8 Å². The van der Waals surface area contributed by atoms with Gasteiger partial charge in [-0.15, -0.1) is 0 Å². The van der Waals surface area contributed by atoms with Gasteiger partial charge in [0, 0.05) is 18.3 Å². The van der Waals surface area contributed by atoms with Crippen molar-refractivity contribution in [3.05, 3.63) is 59.6 Å². The monoisotopic (exact) mass is 332 g/mol. The number of aromatic nitrogens is 3. The molecule has 0 aliphatic carbocycles. The fourth-order valence-electron chi connectivity index (χ4n) is 2.21. The summed E-state index contributed by atoms with van der Waals surface area (Å²) >= 11 is 0. The molecule has 0 bridgehead atoms. The van der Waals surface area contributed by atoms with Crippen molar-refractivity contribution in [3.8, 4) is 11.5 Å². The molecular weight excluding hydrogens is 318 g/mol. The van der Waals surface area contributed by atoms with E-state index in [1.807, 2.05) is 0 Å². The van der Waals surface area contributed by atoms with E-state index in [1.165, 1.54) is 12.3 Å². The van der Waals surface area contributed by atoms with E-state index in [1.54, 1.807) is 19.1 Å². The fourth-order valence-corrected chi connectivity index (χ4v) is 2.21. The Labute approximate surface area is 136 Å². The lowest BCUT2D eigenvalue weighted by Gasteiger charge is -2.14. The minimum Gasteiger partial charge on any atom is -0.386 e. The number of aryl methyl sites for hydroxylation is 1. The zero-order valence-electron chi connectivity index (χ0n) is 12.7. The van der Waals surface area contributed by atoms with Gasteiger partial charge in [0.15, 0.2) is 5.82 Å². The van der Waals surface area contributed by atoms with Crippen LogP contribution < -0.4 is 5.32 Å². The number of benzene rings is 1. The summed E-state index contributed by atoms with van der Waals surface area (Å²) in [5.41, 5.74) is 0.258. The van der Waals surface area contributed by atoms with Crippen molar-refractivity contribution in [2.75, 3.05) is 11.9 Å². The van der Waals surface area contributed by atoms with Gasteiger partial charge in [-0.3, -0.25) is 0 Å². The summed E-state index contributed by atoms with van der Waals surface area (Å²) in [5.74, 6) is -0.362. The van der Waals surface area contributed by atoms with E-state index < -0.39 is 17.7 Å². The van der Waals surface area contributed by atoms with Crippen LogP contribution in [0.5, 0.6) is 0 Å². The van der Waals surface area contributed by atoms with Crippen molar-refractivity contribution in [2.24, 2.45) is 0 Å². The second-order valence-corrected chi connectivity index (χ2v) is 5.11. The van der Waals surface area contributed by atoms with E-state index in [4.69, 9.17) is 4.52 Å². The molecule has 0 amide bonds. The Kier molecular flexibility index (Phi) is 4.48. The molecule has 3 aromatic rings. The Morgan fingerprint density at radius 2 is 2.00 bits per heavy atom. The molecule has 0 radical (unpaired) electrons. The fraction of sp³-hybridized carbons (Fsp3) is 0.188. The number of hydrogen-bond donors (Lipinski definition) is 2. The summed E-state index contributed by atoms with van der Waals surface area (Å²) in [6, 6.07) is 6.75. The third kappa shape index (κ3) is 3.38. The maximum atomic E-state index is 13.6. The van der Waals surface area contributed by atoms with Crippen LogP contribution in [0.15, 0.2) is 41.1 Å². The van der Waals surface area contributed by atoms with E-state index in [0.29, 0.717) is 23.1 Å². The van der Waals surface area contributed by atoms with Crippen LogP contribution in [0.3, 0.4) is 0 Å². The Bertz CT molecular complexity index is 833. The molecule has 2 aromatic heterocycles. The topological polar surface area (TPSA) is 84.1 Å². The second-order valence-electron chi connectivity index (χ2n) is 5.11. The lowest BCUT2D eigenvalue weighted by molar-refractivity contribution is 0.181. The maximum absolute atomic E-state index is 13.6. The molecule has 2 N–H and O–H groups in total. The highest BCUT2D eigenvalue weighted by Gasteiger charge is 2.17. The van der Waals surface area contributed by atoms with Gasteiger partial charge in [0.25, 0.3) is 5.89 Å². The Morgan fingerprint density at radius 3 is 2.67 bits per heavy atom. The van der Waals surface area contributed by atoms with Gasteiger partial charge in [0.1, 0.15) is 23.6 Å². The van der Waals surface area contributed by atoms with Crippen LogP contribution in [0.2, 0.25) is 0 Å². The average molecular weight is 332 g/mol. The van der Waals surface area contributed by atoms with Gasteiger partial charge in [-0.05, 0) is 31.2 Å². The average Bonchev–Trinajstić information content (AvgIpc) is 3.00. The highest BCUT2D eigenvalue weighted by atomic mass is 19.1. The van der Waals surface area contributed by atoms with Crippen LogP contribution in [-0.4, -0.2) is 26.8 Å². The Morgan fingerprint density at radius 1 is 1.25 bits per heavy atom. The molecule has 0 fully saturated rings. The predicted molar refractivity (Wildman–Crippen MR) is 82.1 cm³/mol. The van der Waals surface area contributed by atoms with E-state index in [0.717, 1.165) is 12.1 Å². The normalized spacial score (nSPS) is 12.2. The zero-order chi connectivity index (χ0) is 17.1. The Balaban J connectivity index is 1.73. The predicted octanol–water partition coefficient (Wildman–Crippen LogP) is 2.86. The van der Waals surface area contributed by atoms with Gasteiger partial charge in [-0.1, -0.05) is 11.2 Å². The number of hydrogen-bond acceptors (Lipinski definition) is 6. The molecule has 8 heteroatoms. The molecule has 0 saturated heterocycles. The first-order chi connectivity index (χ1) is 11.5. The SMILES string of the molecule is Cc1noc(-c2ccnc(NCC(O)c3c(F)cccc3F)c2)n1. The van der Waals surface area contributed by atoms with Gasteiger partial charge >= 0.3 is 0 Å². The number of nitrogens with zero attached hydrogens (tertiary/aromatic N) is 3.